The molecule has 9 N–H and O–H groups in total. The van der Waals surface area contributed by atoms with Gasteiger partial charge in [0.2, 0.25) is 0 Å². The first-order valence-corrected chi connectivity index (χ1v) is 39.5. The molecule has 5 aliphatic carbocycles. The molecule has 6 atom stereocenters. The molecule has 3 amide bonds. The summed E-state index contributed by atoms with van der Waals surface area (Å²) in [5, 5.41) is 26.6. The number of amides is 3. The number of nitrogens with one attached hydrogen (secondary N) is 3. The maximum Gasteiger partial charge on any atom is 0.408 e. The molecule has 0 aromatic heterocycles. The van der Waals surface area contributed by atoms with Crippen LogP contribution in [-0.2, 0) is 76.2 Å². The predicted molar refractivity (Wildman–Crippen MR) is 402 cm³/mol. The van der Waals surface area contributed by atoms with E-state index in [-0.39, 0.29) is 91.8 Å². The maximum absolute atomic E-state index is 12.1. The molecule has 5 aliphatic rings. The Balaban J connectivity index is 0.000000631. The number of carboxylic acids is 1. The lowest BCUT2D eigenvalue weighted by atomic mass is 10.0. The van der Waals surface area contributed by atoms with E-state index in [4.69, 9.17) is 64.3 Å². The molecule has 0 saturated heterocycles. The number of ether oxygens (including phenoxy) is 9. The van der Waals surface area contributed by atoms with Crippen LogP contribution in [-0.4, -0.2) is 165 Å². The van der Waals surface area contributed by atoms with Crippen molar-refractivity contribution in [2.24, 2.45) is 23.3 Å². The number of carboxylic acid groups (broad SMARTS) is 1. The molecule has 5 saturated carbocycles. The van der Waals surface area contributed by atoms with E-state index >= 15 is 0 Å². The first-order valence-electron chi connectivity index (χ1n) is 37.3. The molecular formula is C76H129Br2N5O21. The standard InChI is InChI=1S/C15H25NO6.C14H24BrNO4.C14H25NO5.C13H17NO2.C11H21NO2.C9H17BrO2/c1-15(2,3)22-14(20)16-11(8-9-12(17)18)13(19)21-10-6-4-5-7-10;1-14(2,3)20-13(18)16-11(8-9-15)12(17)19-10-6-4-5-7-10;1-14(2,3)20-13(18)15-11(8-9-16)12(17)19-10-6-4-5-7-10;14-12(10-6-2-1-3-7-10)13(15)16-11-8-4-5-9-11;1-8(2)7-10(12)11(13)14-9-5-3-4-6-9;1-7(5-6-10)8(11)12-9(2,3)4/h10-11H,4-9H2,1-3H3,(H,16,20)(H,17,18);10-11H,4-9H2,1-3H3,(H,16,18);10-11,16H,4-9H2,1-3H3,(H,15,18);1-3,6-7,11-12H,4-5,8-9,14H2;8-10H,3-7,12H2,1-2H3;7H,5-6H2,1-4H3/t3*11-;12-;10-;7-/m000000/s1. The zero-order chi connectivity index (χ0) is 78.8. The Morgan fingerprint density at radius 2 is 0.731 bits per heavy atom. The normalized spacial score (nSPS) is 17.5. The second kappa shape index (κ2) is 50.7. The Kier molecular flexibility index (Phi) is 46.9. The Bertz CT molecular complexity index is 2600. The summed E-state index contributed by atoms with van der Waals surface area (Å²) in [6.45, 7) is 27.1. The Morgan fingerprint density at radius 3 is 1.02 bits per heavy atom. The molecule has 598 valence electrons. The summed E-state index contributed by atoms with van der Waals surface area (Å²) in [6.07, 6.45) is 20.0. The molecule has 26 nitrogen and oxygen atoms in total. The highest BCUT2D eigenvalue weighted by atomic mass is 79.9. The highest BCUT2D eigenvalue weighted by molar-refractivity contribution is 9.09. The number of nitrogens with two attached hydrogens (primary N) is 2. The Morgan fingerprint density at radius 1 is 0.433 bits per heavy atom. The van der Waals surface area contributed by atoms with Gasteiger partial charge in [-0.1, -0.05) is 83.0 Å². The van der Waals surface area contributed by atoms with E-state index in [1.807, 2.05) is 58.0 Å². The van der Waals surface area contributed by atoms with Gasteiger partial charge in [-0.3, -0.25) is 14.4 Å². The van der Waals surface area contributed by atoms with Gasteiger partial charge in [0.1, 0.15) is 83.1 Å². The highest BCUT2D eigenvalue weighted by Gasteiger charge is 2.33. The molecule has 5 fully saturated rings. The fourth-order valence-electron chi connectivity index (χ4n) is 10.9. The predicted octanol–water partition coefficient (Wildman–Crippen LogP) is 13.9. The lowest BCUT2D eigenvalue weighted by Crippen LogP contribution is -2.45. The number of esters is 6. The van der Waals surface area contributed by atoms with E-state index in [9.17, 15) is 47.9 Å². The van der Waals surface area contributed by atoms with Gasteiger partial charge in [-0.25, -0.2) is 33.6 Å². The van der Waals surface area contributed by atoms with Crippen LogP contribution in [0.3, 0.4) is 0 Å². The van der Waals surface area contributed by atoms with E-state index in [2.05, 4.69) is 61.7 Å². The summed E-state index contributed by atoms with van der Waals surface area (Å²) in [5.41, 5.74) is 10.1. The third kappa shape index (κ3) is 47.7. The van der Waals surface area contributed by atoms with Crippen LogP contribution in [0.4, 0.5) is 14.4 Å². The molecule has 0 radical (unpaired) electrons. The molecule has 0 aliphatic heterocycles. The average molecular weight is 1610 g/mol. The lowest BCUT2D eigenvalue weighted by Gasteiger charge is -2.23. The van der Waals surface area contributed by atoms with Crippen molar-refractivity contribution < 1.29 is 101 Å². The molecule has 104 heavy (non-hydrogen) atoms. The number of alkyl carbamates (subject to hydrolysis) is 3. The number of aliphatic hydroxyl groups excluding tert-OH is 1. The van der Waals surface area contributed by atoms with Crippen molar-refractivity contribution in [1.29, 1.82) is 0 Å². The van der Waals surface area contributed by atoms with Crippen molar-refractivity contribution in [3.63, 3.8) is 0 Å². The monoisotopic (exact) mass is 1610 g/mol. The molecule has 1 aromatic rings. The quantitative estimate of drug-likeness (QED) is 0.0257. The number of carbonyl (C=O) groups excluding carboxylic acids is 9. The maximum atomic E-state index is 12.1. The van der Waals surface area contributed by atoms with E-state index in [1.54, 1.807) is 62.3 Å². The molecule has 1 aromatic carbocycles. The van der Waals surface area contributed by atoms with Crippen LogP contribution in [0, 0.1) is 11.8 Å². The third-order valence-electron chi connectivity index (χ3n) is 16.1. The van der Waals surface area contributed by atoms with Crippen LogP contribution in [0.2, 0.25) is 0 Å². The number of hydrogen-bond donors (Lipinski definition) is 7. The van der Waals surface area contributed by atoms with Crippen LogP contribution in [0.5, 0.6) is 0 Å². The smallest absolute Gasteiger partial charge is 0.408 e. The van der Waals surface area contributed by atoms with Gasteiger partial charge >= 0.3 is 60.1 Å². The second-order valence-corrected chi connectivity index (χ2v) is 32.9. The Hall–Kier alpha value is -5.84. The molecule has 0 spiro atoms. The Labute approximate surface area is 635 Å². The number of benzene rings is 1. The van der Waals surface area contributed by atoms with Crippen LogP contribution >= 0.6 is 31.9 Å². The van der Waals surface area contributed by atoms with Gasteiger partial charge in [0.05, 0.1) is 5.92 Å². The van der Waals surface area contributed by atoms with Gasteiger partial charge in [0.25, 0.3) is 0 Å². The number of alkyl halides is 2. The van der Waals surface area contributed by atoms with Gasteiger partial charge in [-0.05, 0) is 249 Å². The fourth-order valence-corrected chi connectivity index (χ4v) is 12.1. The number of carbonyl (C=O) groups is 10. The van der Waals surface area contributed by atoms with Crippen LogP contribution in [0.1, 0.15) is 282 Å². The number of aliphatic carboxylic acids is 1. The van der Waals surface area contributed by atoms with Gasteiger partial charge in [-0.15, -0.1) is 0 Å². The SMILES string of the molecule is CC(C)(C)OC(=O)N[C@@H](CCBr)C(=O)OC1CCCC1.CC(C)(C)OC(=O)N[C@@H](CCC(=O)O)C(=O)OC1CCCC1.CC(C)(C)OC(=O)N[C@@H](CCO)C(=O)OC1CCCC1.CC(C)C[C@H](N)C(=O)OC1CCCC1.C[C@@H](CCBr)C(=O)OC(C)(C)C.N[C@H](C(=O)OC1CCCC1)c1ccccc1. The number of halogens is 2. The minimum absolute atomic E-state index is 0.000706. The van der Waals surface area contributed by atoms with Crippen molar-refractivity contribution >= 4 is 91.9 Å². The van der Waals surface area contributed by atoms with Gasteiger partial charge < -0.3 is 80.3 Å². The topological polar surface area (TPSA) is 382 Å². The largest absolute Gasteiger partial charge is 0.481 e. The summed E-state index contributed by atoms with van der Waals surface area (Å²) < 4.78 is 47.3. The fraction of sp³-hybridized carbons (Fsp3) is 0.789. The van der Waals surface area contributed by atoms with Gasteiger partial charge in [0.15, 0.2) is 0 Å². The van der Waals surface area contributed by atoms with Crippen molar-refractivity contribution in [2.75, 3.05) is 17.3 Å². The second-order valence-electron chi connectivity index (χ2n) is 31.3. The van der Waals surface area contributed by atoms with E-state index in [0.29, 0.717) is 24.1 Å². The molecule has 6 rings (SSSR count). The molecule has 0 heterocycles. The summed E-state index contributed by atoms with van der Waals surface area (Å²) >= 11 is 6.57. The molecule has 0 bridgehead atoms. The summed E-state index contributed by atoms with van der Waals surface area (Å²) in [7, 11) is 0. The first kappa shape index (κ1) is 96.2. The van der Waals surface area contributed by atoms with E-state index in [1.165, 1.54) is 12.8 Å². The zero-order valence-corrected chi connectivity index (χ0v) is 68.1. The minimum atomic E-state index is -1.04. The van der Waals surface area contributed by atoms with Crippen molar-refractivity contribution in [3.8, 4) is 0 Å². The summed E-state index contributed by atoms with van der Waals surface area (Å²) in [5.74, 6) is -2.71. The van der Waals surface area contributed by atoms with E-state index in [0.717, 1.165) is 133 Å². The zero-order valence-electron chi connectivity index (χ0n) is 64.9. The van der Waals surface area contributed by atoms with Crippen LogP contribution in [0.15, 0.2) is 30.3 Å². The highest BCUT2D eigenvalue weighted by Crippen LogP contribution is 2.27. The summed E-state index contributed by atoms with van der Waals surface area (Å²) in [4.78, 5) is 117. The van der Waals surface area contributed by atoms with Crippen molar-refractivity contribution in [1.82, 2.24) is 16.0 Å². The number of hydrogen-bond acceptors (Lipinski definition) is 22. The number of aliphatic hydroxyl groups is 1. The molecule has 28 heteroatoms. The van der Waals surface area contributed by atoms with Gasteiger partial charge in [-0.2, -0.15) is 0 Å². The summed E-state index contributed by atoms with van der Waals surface area (Å²) in [6, 6.07) is 5.72. The minimum Gasteiger partial charge on any atom is -0.481 e. The van der Waals surface area contributed by atoms with Crippen LogP contribution < -0.4 is 27.4 Å². The van der Waals surface area contributed by atoms with Crippen LogP contribution in [0.25, 0.3) is 0 Å². The van der Waals surface area contributed by atoms with E-state index < -0.39 is 83.2 Å². The lowest BCUT2D eigenvalue weighted by molar-refractivity contribution is -0.159. The van der Waals surface area contributed by atoms with Crippen molar-refractivity contribution in [2.45, 2.75) is 354 Å². The third-order valence-corrected chi connectivity index (χ3v) is 17.0. The first-order chi connectivity index (χ1) is 48.5. The number of rotatable bonds is 26. The van der Waals surface area contributed by atoms with Gasteiger partial charge in [0, 0.05) is 30.1 Å². The molecule has 0 unspecified atom stereocenters. The molecular weight excluding hydrogens is 1480 g/mol. The average Bonchev–Trinajstić information content (AvgIpc) is 1.70. The van der Waals surface area contributed by atoms with Crippen molar-refractivity contribution in [3.05, 3.63) is 35.9 Å².